The summed E-state index contributed by atoms with van der Waals surface area (Å²) in [6, 6.07) is 0.471. The number of likely N-dealkylation sites (N-methyl/N-ethyl adjacent to an activating group) is 1. The standard InChI is InChI=1S/C17H30ClN3/c1-6-21-15(16(18)12(2)20-21)11-14(19-5)13-9-7-8-10-17(13,3)4/h13-14,19H,6-11H2,1-5H3. The first-order valence-electron chi connectivity index (χ1n) is 8.29. The van der Waals surface area contributed by atoms with Crippen molar-refractivity contribution < 1.29 is 0 Å². The Kier molecular flexibility index (Phi) is 5.37. The van der Waals surface area contributed by atoms with Crippen molar-refractivity contribution in [3.05, 3.63) is 16.4 Å². The summed E-state index contributed by atoms with van der Waals surface area (Å²) in [4.78, 5) is 0. The van der Waals surface area contributed by atoms with Gasteiger partial charge in [0.2, 0.25) is 0 Å². The van der Waals surface area contributed by atoms with Crippen molar-refractivity contribution in [3.8, 4) is 0 Å². The SMILES string of the molecule is CCn1nc(C)c(Cl)c1CC(NC)C1CCCCC1(C)C. The molecule has 21 heavy (non-hydrogen) atoms. The van der Waals surface area contributed by atoms with Crippen molar-refractivity contribution >= 4 is 11.6 Å². The van der Waals surface area contributed by atoms with Gasteiger partial charge >= 0.3 is 0 Å². The average molecular weight is 312 g/mol. The van der Waals surface area contributed by atoms with Crippen molar-refractivity contribution in [1.29, 1.82) is 0 Å². The number of halogens is 1. The third kappa shape index (κ3) is 3.45. The molecule has 0 aromatic carbocycles. The highest BCUT2D eigenvalue weighted by atomic mass is 35.5. The molecule has 0 aliphatic heterocycles. The maximum absolute atomic E-state index is 6.49. The molecule has 1 aliphatic rings. The summed E-state index contributed by atoms with van der Waals surface area (Å²) in [6.07, 6.45) is 6.34. The van der Waals surface area contributed by atoms with Gasteiger partial charge in [0, 0.05) is 19.0 Å². The van der Waals surface area contributed by atoms with Gasteiger partial charge in [-0.25, -0.2) is 0 Å². The highest BCUT2D eigenvalue weighted by Crippen LogP contribution is 2.43. The van der Waals surface area contributed by atoms with Crippen molar-refractivity contribution in [2.24, 2.45) is 11.3 Å². The zero-order valence-corrected chi connectivity index (χ0v) is 14.9. The van der Waals surface area contributed by atoms with Gasteiger partial charge in [0.1, 0.15) is 0 Å². The third-order valence-electron chi connectivity index (χ3n) is 5.31. The Bertz CT molecular complexity index is 479. The maximum Gasteiger partial charge on any atom is 0.0847 e. The number of nitrogens with one attached hydrogen (secondary N) is 1. The quantitative estimate of drug-likeness (QED) is 0.882. The van der Waals surface area contributed by atoms with Gasteiger partial charge in [-0.3, -0.25) is 4.68 Å². The first kappa shape index (κ1) is 16.8. The molecule has 1 fully saturated rings. The van der Waals surface area contributed by atoms with Gasteiger partial charge in [-0.2, -0.15) is 5.10 Å². The van der Waals surface area contributed by atoms with Crippen LogP contribution < -0.4 is 5.32 Å². The van der Waals surface area contributed by atoms with Crippen LogP contribution in [0, 0.1) is 18.3 Å². The molecule has 120 valence electrons. The van der Waals surface area contributed by atoms with Crippen molar-refractivity contribution in [3.63, 3.8) is 0 Å². The molecule has 0 bridgehead atoms. The maximum atomic E-state index is 6.49. The van der Waals surface area contributed by atoms with E-state index in [1.807, 2.05) is 6.92 Å². The Morgan fingerprint density at radius 3 is 2.71 bits per heavy atom. The molecular weight excluding hydrogens is 282 g/mol. The highest BCUT2D eigenvalue weighted by Gasteiger charge is 2.37. The number of aryl methyl sites for hydroxylation is 2. The van der Waals surface area contributed by atoms with Crippen LogP contribution in [0.2, 0.25) is 5.02 Å². The van der Waals surface area contributed by atoms with Gasteiger partial charge in [-0.15, -0.1) is 0 Å². The van der Waals surface area contributed by atoms with Crippen molar-refractivity contribution in [2.45, 2.75) is 72.4 Å². The van der Waals surface area contributed by atoms with Crippen molar-refractivity contribution in [2.75, 3.05) is 7.05 Å². The normalized spacial score (nSPS) is 23.2. The number of hydrogen-bond acceptors (Lipinski definition) is 2. The molecule has 1 aliphatic carbocycles. The second kappa shape index (κ2) is 6.70. The van der Waals surface area contributed by atoms with Crippen LogP contribution in [0.4, 0.5) is 0 Å². The molecular formula is C17H30ClN3. The molecule has 3 nitrogen and oxygen atoms in total. The zero-order chi connectivity index (χ0) is 15.6. The summed E-state index contributed by atoms with van der Waals surface area (Å²) in [5.74, 6) is 0.702. The minimum absolute atomic E-state index is 0.407. The van der Waals surface area contributed by atoms with Crippen LogP contribution >= 0.6 is 11.6 Å². The first-order chi connectivity index (χ1) is 9.90. The van der Waals surface area contributed by atoms with Gasteiger partial charge in [0.15, 0.2) is 0 Å². The number of nitrogens with zero attached hydrogens (tertiary/aromatic N) is 2. The van der Waals surface area contributed by atoms with E-state index in [-0.39, 0.29) is 0 Å². The molecule has 2 rings (SSSR count). The Morgan fingerprint density at radius 1 is 1.43 bits per heavy atom. The predicted molar refractivity (Wildman–Crippen MR) is 89.9 cm³/mol. The van der Waals surface area contributed by atoms with Crippen LogP contribution in [0.1, 0.15) is 57.8 Å². The summed E-state index contributed by atoms with van der Waals surface area (Å²) in [7, 11) is 2.09. The van der Waals surface area contributed by atoms with Gasteiger partial charge < -0.3 is 5.32 Å². The smallest absolute Gasteiger partial charge is 0.0847 e. The van der Waals surface area contributed by atoms with E-state index in [9.17, 15) is 0 Å². The van der Waals surface area contributed by atoms with Gasteiger partial charge in [-0.05, 0) is 45.1 Å². The van der Waals surface area contributed by atoms with E-state index in [1.165, 1.54) is 31.4 Å². The minimum Gasteiger partial charge on any atom is -0.316 e. The van der Waals surface area contributed by atoms with E-state index in [2.05, 4.69) is 42.9 Å². The summed E-state index contributed by atoms with van der Waals surface area (Å²) in [5, 5.41) is 8.97. The fraction of sp³-hybridized carbons (Fsp3) is 0.824. The lowest BCUT2D eigenvalue weighted by Gasteiger charge is -2.43. The Labute approximate surface area is 134 Å². The Hall–Kier alpha value is -0.540. The van der Waals surface area contributed by atoms with Gasteiger partial charge in [0.25, 0.3) is 0 Å². The van der Waals surface area contributed by atoms with E-state index in [0.717, 1.165) is 23.7 Å². The van der Waals surface area contributed by atoms with E-state index in [4.69, 9.17) is 11.6 Å². The molecule has 4 heteroatoms. The number of aromatic nitrogens is 2. The van der Waals surface area contributed by atoms with Crippen LogP contribution in [0.3, 0.4) is 0 Å². The monoisotopic (exact) mass is 311 g/mol. The lowest BCUT2D eigenvalue weighted by atomic mass is 9.65. The molecule has 0 saturated heterocycles. The second-order valence-corrected chi connectivity index (χ2v) is 7.48. The molecule has 1 N–H and O–H groups in total. The fourth-order valence-corrected chi connectivity index (χ4v) is 4.20. The lowest BCUT2D eigenvalue weighted by molar-refractivity contribution is 0.100. The van der Waals surface area contributed by atoms with Crippen molar-refractivity contribution in [1.82, 2.24) is 15.1 Å². The van der Waals surface area contributed by atoms with Gasteiger partial charge in [0.05, 0.1) is 16.4 Å². The topological polar surface area (TPSA) is 29.9 Å². The molecule has 1 heterocycles. The molecule has 0 spiro atoms. The first-order valence-corrected chi connectivity index (χ1v) is 8.67. The molecule has 1 aromatic rings. The zero-order valence-electron chi connectivity index (χ0n) is 14.2. The minimum atomic E-state index is 0.407. The summed E-state index contributed by atoms with van der Waals surface area (Å²) in [6.45, 7) is 9.85. The molecule has 1 saturated carbocycles. The van der Waals surface area contributed by atoms with Crippen LogP contribution in [0.25, 0.3) is 0 Å². The van der Waals surface area contributed by atoms with E-state index in [1.54, 1.807) is 0 Å². The Morgan fingerprint density at radius 2 is 2.14 bits per heavy atom. The Balaban J connectivity index is 2.23. The van der Waals surface area contributed by atoms with E-state index in [0.29, 0.717) is 17.4 Å². The van der Waals surface area contributed by atoms with Crippen LogP contribution in [-0.2, 0) is 13.0 Å². The van der Waals surface area contributed by atoms with Gasteiger partial charge in [-0.1, -0.05) is 38.3 Å². The third-order valence-corrected chi connectivity index (χ3v) is 5.80. The molecule has 0 radical (unpaired) electrons. The average Bonchev–Trinajstić information content (AvgIpc) is 2.72. The summed E-state index contributed by atoms with van der Waals surface area (Å²) < 4.78 is 2.07. The molecule has 1 aromatic heterocycles. The molecule has 2 unspecified atom stereocenters. The summed E-state index contributed by atoms with van der Waals surface area (Å²) >= 11 is 6.49. The van der Waals surface area contributed by atoms with E-state index < -0.39 is 0 Å². The summed E-state index contributed by atoms with van der Waals surface area (Å²) in [5.41, 5.74) is 2.55. The fourth-order valence-electron chi connectivity index (χ4n) is 3.98. The number of hydrogen-bond donors (Lipinski definition) is 1. The van der Waals surface area contributed by atoms with E-state index >= 15 is 0 Å². The number of rotatable bonds is 5. The van der Waals surface area contributed by atoms with Crippen LogP contribution in [0.15, 0.2) is 0 Å². The lowest BCUT2D eigenvalue weighted by Crippen LogP contribution is -2.45. The molecule has 0 amide bonds. The van der Waals surface area contributed by atoms with Crippen LogP contribution in [-0.4, -0.2) is 22.9 Å². The molecule has 2 atom stereocenters. The highest BCUT2D eigenvalue weighted by molar-refractivity contribution is 6.31. The van der Waals surface area contributed by atoms with Crippen LogP contribution in [0.5, 0.6) is 0 Å². The second-order valence-electron chi connectivity index (χ2n) is 7.10. The predicted octanol–water partition coefficient (Wildman–Crippen LogP) is 4.21. The largest absolute Gasteiger partial charge is 0.316 e.